The highest BCUT2D eigenvalue weighted by molar-refractivity contribution is 5.73. The number of hydrogen-bond donors (Lipinski definition) is 1. The number of nitrogens with one attached hydrogen (secondary N) is 1. The van der Waals surface area contributed by atoms with Crippen LogP contribution in [0.4, 0.5) is 5.69 Å². The van der Waals surface area contributed by atoms with Crippen LogP contribution in [0.5, 0.6) is 5.75 Å². The second-order valence-electron chi connectivity index (χ2n) is 6.38. The molecular formula is C22H31NO4. The molecule has 0 aliphatic rings. The Hall–Kier alpha value is -2.08. The van der Waals surface area contributed by atoms with Crippen molar-refractivity contribution in [3.8, 4) is 16.9 Å². The van der Waals surface area contributed by atoms with E-state index in [2.05, 4.69) is 49.5 Å². The van der Waals surface area contributed by atoms with E-state index < -0.39 is 0 Å². The van der Waals surface area contributed by atoms with Gasteiger partial charge in [-0.15, -0.1) is 0 Å². The monoisotopic (exact) mass is 373 g/mol. The number of methoxy groups -OCH3 is 1. The SMILES string of the molecule is CNc1cc(OCCOCCOCCOC)cc(-c2cc(C)ccc2C)c1. The predicted molar refractivity (Wildman–Crippen MR) is 110 cm³/mol. The van der Waals surface area contributed by atoms with Crippen LogP contribution in [0.1, 0.15) is 11.1 Å². The number of ether oxygens (including phenoxy) is 4. The van der Waals surface area contributed by atoms with Crippen LogP contribution < -0.4 is 10.1 Å². The van der Waals surface area contributed by atoms with Crippen LogP contribution in [-0.2, 0) is 14.2 Å². The Labute approximate surface area is 162 Å². The van der Waals surface area contributed by atoms with Gasteiger partial charge in [0.15, 0.2) is 0 Å². The number of benzene rings is 2. The molecule has 5 heteroatoms. The largest absolute Gasteiger partial charge is 0.491 e. The van der Waals surface area contributed by atoms with Gasteiger partial charge in [-0.05, 0) is 42.7 Å². The highest BCUT2D eigenvalue weighted by Crippen LogP contribution is 2.31. The molecule has 0 aliphatic heterocycles. The summed E-state index contributed by atoms with van der Waals surface area (Å²) in [4.78, 5) is 0. The van der Waals surface area contributed by atoms with Gasteiger partial charge in [0, 0.05) is 25.9 Å². The van der Waals surface area contributed by atoms with E-state index in [0.29, 0.717) is 39.6 Å². The Balaban J connectivity index is 1.89. The minimum atomic E-state index is 0.497. The van der Waals surface area contributed by atoms with Gasteiger partial charge < -0.3 is 24.3 Å². The summed E-state index contributed by atoms with van der Waals surface area (Å²) in [5, 5.41) is 3.21. The average molecular weight is 373 g/mol. The first kappa shape index (κ1) is 21.2. The third-order valence-corrected chi connectivity index (χ3v) is 4.20. The highest BCUT2D eigenvalue weighted by Gasteiger charge is 2.07. The fraction of sp³-hybridized carbons (Fsp3) is 0.455. The molecule has 2 aromatic rings. The molecule has 0 bridgehead atoms. The number of anilines is 1. The third kappa shape index (κ3) is 7.21. The van der Waals surface area contributed by atoms with Gasteiger partial charge in [-0.3, -0.25) is 0 Å². The van der Waals surface area contributed by atoms with E-state index in [9.17, 15) is 0 Å². The zero-order valence-electron chi connectivity index (χ0n) is 16.8. The smallest absolute Gasteiger partial charge is 0.122 e. The Morgan fingerprint density at radius 3 is 2.22 bits per heavy atom. The Morgan fingerprint density at radius 2 is 1.52 bits per heavy atom. The quantitative estimate of drug-likeness (QED) is 0.568. The first-order valence-electron chi connectivity index (χ1n) is 9.31. The molecule has 0 unspecified atom stereocenters. The van der Waals surface area contributed by atoms with E-state index in [4.69, 9.17) is 18.9 Å². The molecule has 0 aromatic heterocycles. The summed E-state index contributed by atoms with van der Waals surface area (Å²) >= 11 is 0. The first-order valence-corrected chi connectivity index (χ1v) is 9.31. The zero-order chi connectivity index (χ0) is 19.5. The summed E-state index contributed by atoms with van der Waals surface area (Å²) in [6.07, 6.45) is 0. The van der Waals surface area contributed by atoms with Crippen molar-refractivity contribution < 1.29 is 18.9 Å². The molecule has 2 rings (SSSR count). The maximum absolute atomic E-state index is 5.90. The summed E-state index contributed by atoms with van der Waals surface area (Å²) in [6.45, 7) is 7.57. The van der Waals surface area contributed by atoms with Gasteiger partial charge in [0.2, 0.25) is 0 Å². The molecule has 5 nitrogen and oxygen atoms in total. The van der Waals surface area contributed by atoms with Crippen LogP contribution in [0.3, 0.4) is 0 Å². The van der Waals surface area contributed by atoms with Crippen molar-refractivity contribution in [3.05, 3.63) is 47.5 Å². The van der Waals surface area contributed by atoms with E-state index in [0.717, 1.165) is 17.0 Å². The van der Waals surface area contributed by atoms with Crippen LogP contribution >= 0.6 is 0 Å². The van der Waals surface area contributed by atoms with Gasteiger partial charge in [0.1, 0.15) is 12.4 Å². The van der Waals surface area contributed by atoms with Crippen molar-refractivity contribution in [2.45, 2.75) is 13.8 Å². The summed E-state index contributed by atoms with van der Waals surface area (Å²) in [5.74, 6) is 0.831. The van der Waals surface area contributed by atoms with E-state index in [-0.39, 0.29) is 0 Å². The van der Waals surface area contributed by atoms with Gasteiger partial charge in [-0.1, -0.05) is 23.8 Å². The van der Waals surface area contributed by atoms with Crippen molar-refractivity contribution >= 4 is 5.69 Å². The second-order valence-corrected chi connectivity index (χ2v) is 6.38. The first-order chi connectivity index (χ1) is 13.1. The molecule has 148 valence electrons. The second kappa shape index (κ2) is 11.6. The summed E-state index contributed by atoms with van der Waals surface area (Å²) < 4.78 is 21.7. The summed E-state index contributed by atoms with van der Waals surface area (Å²) in [5.41, 5.74) is 5.88. The summed E-state index contributed by atoms with van der Waals surface area (Å²) in [6, 6.07) is 12.7. The lowest BCUT2D eigenvalue weighted by Crippen LogP contribution is -2.12. The van der Waals surface area contributed by atoms with Gasteiger partial charge in [-0.2, -0.15) is 0 Å². The predicted octanol–water partition coefficient (Wildman–Crippen LogP) is 4.07. The molecule has 0 saturated heterocycles. The molecule has 0 radical (unpaired) electrons. The summed E-state index contributed by atoms with van der Waals surface area (Å²) in [7, 11) is 3.57. The molecule has 0 amide bonds. The van der Waals surface area contributed by atoms with Crippen LogP contribution in [0, 0.1) is 13.8 Å². The van der Waals surface area contributed by atoms with E-state index in [1.54, 1.807) is 7.11 Å². The maximum Gasteiger partial charge on any atom is 0.122 e. The number of hydrogen-bond acceptors (Lipinski definition) is 5. The highest BCUT2D eigenvalue weighted by atomic mass is 16.6. The van der Waals surface area contributed by atoms with Crippen molar-refractivity contribution in [2.75, 3.05) is 59.1 Å². The minimum Gasteiger partial charge on any atom is -0.491 e. The topological polar surface area (TPSA) is 49.0 Å². The van der Waals surface area contributed by atoms with Crippen LogP contribution in [0.25, 0.3) is 11.1 Å². The molecule has 0 spiro atoms. The third-order valence-electron chi connectivity index (χ3n) is 4.20. The van der Waals surface area contributed by atoms with Gasteiger partial charge in [0.05, 0.1) is 33.0 Å². The van der Waals surface area contributed by atoms with Gasteiger partial charge in [0.25, 0.3) is 0 Å². The number of aryl methyl sites for hydroxylation is 2. The lowest BCUT2D eigenvalue weighted by molar-refractivity contribution is 0.0180. The Bertz CT molecular complexity index is 703. The molecule has 0 aliphatic carbocycles. The molecule has 0 fully saturated rings. The fourth-order valence-corrected chi connectivity index (χ4v) is 2.71. The maximum atomic E-state index is 5.90. The lowest BCUT2D eigenvalue weighted by atomic mass is 9.98. The molecule has 0 heterocycles. The molecule has 1 N–H and O–H groups in total. The van der Waals surface area contributed by atoms with E-state index in [1.807, 2.05) is 13.1 Å². The van der Waals surface area contributed by atoms with Gasteiger partial charge >= 0.3 is 0 Å². The lowest BCUT2D eigenvalue weighted by Gasteiger charge is -2.13. The molecule has 0 saturated carbocycles. The zero-order valence-corrected chi connectivity index (χ0v) is 16.8. The Kier molecular flexibility index (Phi) is 9.11. The molecule has 27 heavy (non-hydrogen) atoms. The number of rotatable bonds is 12. The molecule has 2 aromatic carbocycles. The van der Waals surface area contributed by atoms with Crippen molar-refractivity contribution in [1.82, 2.24) is 0 Å². The Morgan fingerprint density at radius 1 is 0.815 bits per heavy atom. The minimum absolute atomic E-state index is 0.497. The van der Waals surface area contributed by atoms with Crippen LogP contribution in [0.2, 0.25) is 0 Å². The van der Waals surface area contributed by atoms with Crippen LogP contribution in [-0.4, -0.2) is 53.8 Å². The van der Waals surface area contributed by atoms with Crippen molar-refractivity contribution in [1.29, 1.82) is 0 Å². The normalized spacial score (nSPS) is 10.8. The van der Waals surface area contributed by atoms with E-state index in [1.165, 1.54) is 16.7 Å². The molecular weight excluding hydrogens is 342 g/mol. The van der Waals surface area contributed by atoms with Crippen molar-refractivity contribution in [2.24, 2.45) is 0 Å². The fourth-order valence-electron chi connectivity index (χ4n) is 2.71. The standard InChI is InChI=1S/C22H31NO4/c1-17-5-6-18(2)22(13-17)19-14-20(23-3)16-21(15-19)27-12-11-26-10-9-25-8-7-24-4/h5-6,13-16,23H,7-12H2,1-4H3. The van der Waals surface area contributed by atoms with Crippen molar-refractivity contribution in [3.63, 3.8) is 0 Å². The molecule has 0 atom stereocenters. The van der Waals surface area contributed by atoms with Gasteiger partial charge in [-0.25, -0.2) is 0 Å². The van der Waals surface area contributed by atoms with E-state index >= 15 is 0 Å². The van der Waals surface area contributed by atoms with Crippen LogP contribution in [0.15, 0.2) is 36.4 Å². The average Bonchev–Trinajstić information content (AvgIpc) is 2.68.